The Morgan fingerprint density at radius 2 is 2.09 bits per heavy atom. The van der Waals surface area contributed by atoms with E-state index in [4.69, 9.17) is 0 Å². The monoisotopic (exact) mass is 224 g/mol. The minimum absolute atomic E-state index is 0.954. The highest BCUT2D eigenvalue weighted by Crippen LogP contribution is 2.40. The Labute approximate surface area is 85.4 Å². The molecular formula is C7H12S4. The van der Waals surface area contributed by atoms with E-state index in [2.05, 4.69) is 47.0 Å². The third-order valence-electron chi connectivity index (χ3n) is 1.82. The van der Waals surface area contributed by atoms with Crippen LogP contribution in [0.2, 0.25) is 0 Å². The van der Waals surface area contributed by atoms with E-state index in [1.54, 1.807) is 0 Å². The average molecular weight is 224 g/mol. The van der Waals surface area contributed by atoms with Gasteiger partial charge in [-0.05, 0) is 12.2 Å². The van der Waals surface area contributed by atoms with Crippen LogP contribution >= 0.6 is 47.0 Å². The van der Waals surface area contributed by atoms with Gasteiger partial charge in [-0.15, -0.1) is 35.3 Å². The van der Waals surface area contributed by atoms with Crippen LogP contribution in [0.5, 0.6) is 0 Å². The molecule has 0 spiro atoms. The fourth-order valence-corrected chi connectivity index (χ4v) is 6.39. The SMILES string of the molecule is C1CC(SCSC2CSC2)S1. The number of thioether (sulfide) groups is 4. The minimum atomic E-state index is 0.954. The van der Waals surface area contributed by atoms with Crippen LogP contribution in [0.1, 0.15) is 6.42 Å². The zero-order valence-electron chi connectivity index (χ0n) is 6.32. The summed E-state index contributed by atoms with van der Waals surface area (Å²) in [6, 6.07) is 0. The average Bonchev–Trinajstić information content (AvgIpc) is 1.79. The highest BCUT2D eigenvalue weighted by atomic mass is 32.2. The molecule has 2 aliphatic heterocycles. The Morgan fingerprint density at radius 3 is 2.55 bits per heavy atom. The molecule has 0 aromatic heterocycles. The molecule has 4 heteroatoms. The van der Waals surface area contributed by atoms with E-state index >= 15 is 0 Å². The van der Waals surface area contributed by atoms with E-state index in [0.717, 1.165) is 9.83 Å². The molecule has 2 fully saturated rings. The second kappa shape index (κ2) is 4.58. The highest BCUT2D eigenvalue weighted by molar-refractivity contribution is 8.24. The molecule has 0 bridgehead atoms. The zero-order valence-corrected chi connectivity index (χ0v) is 9.59. The van der Waals surface area contributed by atoms with E-state index in [-0.39, 0.29) is 0 Å². The normalized spacial score (nSPS) is 31.1. The molecule has 2 saturated heterocycles. The molecule has 0 N–H and O–H groups in total. The maximum atomic E-state index is 2.17. The third kappa shape index (κ3) is 2.68. The van der Waals surface area contributed by atoms with Crippen molar-refractivity contribution in [3.63, 3.8) is 0 Å². The maximum absolute atomic E-state index is 2.17. The zero-order chi connectivity index (χ0) is 7.52. The van der Waals surface area contributed by atoms with E-state index in [1.807, 2.05) is 0 Å². The van der Waals surface area contributed by atoms with Crippen LogP contribution in [0.25, 0.3) is 0 Å². The maximum Gasteiger partial charge on any atom is 0.0518 e. The first-order valence-electron chi connectivity index (χ1n) is 3.88. The van der Waals surface area contributed by atoms with Crippen LogP contribution in [-0.4, -0.2) is 32.2 Å². The molecule has 2 heterocycles. The quantitative estimate of drug-likeness (QED) is 0.673. The molecule has 0 aromatic carbocycles. The molecule has 64 valence electrons. The van der Waals surface area contributed by atoms with Gasteiger partial charge in [0.2, 0.25) is 0 Å². The van der Waals surface area contributed by atoms with Gasteiger partial charge < -0.3 is 0 Å². The van der Waals surface area contributed by atoms with Crippen LogP contribution in [0, 0.1) is 0 Å². The van der Waals surface area contributed by atoms with Gasteiger partial charge >= 0.3 is 0 Å². The summed E-state index contributed by atoms with van der Waals surface area (Å²) in [5, 5.41) is 2.33. The van der Waals surface area contributed by atoms with Crippen molar-refractivity contribution in [3.05, 3.63) is 0 Å². The van der Waals surface area contributed by atoms with E-state index in [1.165, 1.54) is 28.8 Å². The van der Waals surface area contributed by atoms with Gasteiger partial charge in [0.25, 0.3) is 0 Å². The first kappa shape index (κ1) is 8.97. The molecular weight excluding hydrogens is 212 g/mol. The van der Waals surface area contributed by atoms with E-state index < -0.39 is 0 Å². The van der Waals surface area contributed by atoms with Crippen molar-refractivity contribution in [3.8, 4) is 0 Å². The number of rotatable bonds is 4. The second-order valence-corrected chi connectivity index (χ2v) is 8.23. The first-order valence-corrected chi connectivity index (χ1v) is 8.18. The van der Waals surface area contributed by atoms with Crippen LogP contribution in [0.15, 0.2) is 0 Å². The van der Waals surface area contributed by atoms with Gasteiger partial charge in [-0.1, -0.05) is 0 Å². The molecule has 0 radical (unpaired) electrons. The predicted molar refractivity (Wildman–Crippen MR) is 62.0 cm³/mol. The second-order valence-electron chi connectivity index (χ2n) is 2.70. The number of hydrogen-bond acceptors (Lipinski definition) is 4. The molecule has 2 rings (SSSR count). The summed E-state index contributed by atoms with van der Waals surface area (Å²) < 4.78 is 0.954. The van der Waals surface area contributed by atoms with Gasteiger partial charge in [-0.3, -0.25) is 0 Å². The summed E-state index contributed by atoms with van der Waals surface area (Å²) in [6.45, 7) is 0. The lowest BCUT2D eigenvalue weighted by Crippen LogP contribution is -2.21. The van der Waals surface area contributed by atoms with Crippen LogP contribution in [0.4, 0.5) is 0 Å². The summed E-state index contributed by atoms with van der Waals surface area (Å²) in [4.78, 5) is 0. The predicted octanol–water partition coefficient (Wildman–Crippen LogP) is 2.99. The third-order valence-corrected chi connectivity index (χ3v) is 7.92. The van der Waals surface area contributed by atoms with E-state index in [9.17, 15) is 0 Å². The summed E-state index contributed by atoms with van der Waals surface area (Å²) in [5.74, 6) is 4.22. The van der Waals surface area contributed by atoms with Gasteiger partial charge in [0.15, 0.2) is 0 Å². The first-order chi connectivity index (χ1) is 5.45. The topological polar surface area (TPSA) is 0 Å². The molecule has 2 aliphatic rings. The summed E-state index contributed by atoms with van der Waals surface area (Å²) >= 11 is 8.54. The molecule has 0 aliphatic carbocycles. The van der Waals surface area contributed by atoms with Crippen molar-refractivity contribution >= 4 is 47.0 Å². The van der Waals surface area contributed by atoms with Crippen LogP contribution in [-0.2, 0) is 0 Å². The highest BCUT2D eigenvalue weighted by Gasteiger charge is 2.21. The lowest BCUT2D eigenvalue weighted by atomic mass is 10.5. The fourth-order valence-electron chi connectivity index (χ4n) is 0.867. The lowest BCUT2D eigenvalue weighted by Gasteiger charge is -2.27. The largest absolute Gasteiger partial charge is 0.160 e. The van der Waals surface area contributed by atoms with Crippen molar-refractivity contribution in [2.45, 2.75) is 16.3 Å². The van der Waals surface area contributed by atoms with Gasteiger partial charge in [0, 0.05) is 21.8 Å². The Kier molecular flexibility index (Phi) is 3.74. The number of hydrogen-bond donors (Lipinski definition) is 0. The Balaban J connectivity index is 1.46. The minimum Gasteiger partial charge on any atom is -0.160 e. The van der Waals surface area contributed by atoms with Crippen molar-refractivity contribution < 1.29 is 0 Å². The Morgan fingerprint density at radius 1 is 1.27 bits per heavy atom. The van der Waals surface area contributed by atoms with Crippen LogP contribution < -0.4 is 0 Å². The molecule has 0 amide bonds. The summed E-state index contributed by atoms with van der Waals surface area (Å²) in [6.07, 6.45) is 1.45. The standard InChI is InChI=1S/C7H12S4/c1-2-9-7(1)11-5-10-6-3-8-4-6/h6-7H,1-5H2. The molecule has 0 nitrogen and oxygen atoms in total. The van der Waals surface area contributed by atoms with Crippen molar-refractivity contribution in [2.75, 3.05) is 22.3 Å². The van der Waals surface area contributed by atoms with Crippen molar-refractivity contribution in [1.29, 1.82) is 0 Å². The van der Waals surface area contributed by atoms with E-state index in [0.29, 0.717) is 0 Å². The van der Waals surface area contributed by atoms with Gasteiger partial charge in [0.1, 0.15) is 0 Å². The smallest absolute Gasteiger partial charge is 0.0518 e. The van der Waals surface area contributed by atoms with Gasteiger partial charge in [-0.25, -0.2) is 0 Å². The summed E-state index contributed by atoms with van der Waals surface area (Å²) in [7, 11) is 0. The molecule has 1 unspecified atom stereocenters. The van der Waals surface area contributed by atoms with Crippen LogP contribution in [0.3, 0.4) is 0 Å². The molecule has 0 aromatic rings. The molecule has 11 heavy (non-hydrogen) atoms. The summed E-state index contributed by atoms with van der Waals surface area (Å²) in [5.41, 5.74) is 0. The van der Waals surface area contributed by atoms with Gasteiger partial charge in [-0.2, -0.15) is 11.8 Å². The Hall–Kier alpha value is 1.40. The molecule has 0 saturated carbocycles. The van der Waals surface area contributed by atoms with Crippen molar-refractivity contribution in [1.82, 2.24) is 0 Å². The fraction of sp³-hybridized carbons (Fsp3) is 1.00. The van der Waals surface area contributed by atoms with Crippen molar-refractivity contribution in [2.24, 2.45) is 0 Å². The molecule has 1 atom stereocenters. The Bertz CT molecular complexity index is 106. The lowest BCUT2D eigenvalue weighted by molar-refractivity contribution is 1.01. The van der Waals surface area contributed by atoms with Gasteiger partial charge in [0.05, 0.1) is 4.58 Å².